The first-order valence-corrected chi connectivity index (χ1v) is 6.87. The molecule has 1 aliphatic rings. The molecule has 0 amide bonds. The van der Waals surface area contributed by atoms with Crippen molar-refractivity contribution in [3.05, 3.63) is 43.8 Å². The van der Waals surface area contributed by atoms with Gasteiger partial charge in [-0.2, -0.15) is 0 Å². The van der Waals surface area contributed by atoms with Gasteiger partial charge in [-0.05, 0) is 28.1 Å². The number of aromatic amines is 1. The summed E-state index contributed by atoms with van der Waals surface area (Å²) in [6.45, 7) is -0.217. The van der Waals surface area contributed by atoms with Gasteiger partial charge in [0.25, 0.3) is 5.56 Å². The molecule has 3 rings (SSSR count). The Kier molecular flexibility index (Phi) is 3.81. The zero-order valence-electron chi connectivity index (χ0n) is 10.6. The second kappa shape index (κ2) is 5.60. The average molecular weight is 359 g/mol. The van der Waals surface area contributed by atoms with Gasteiger partial charge in [0.1, 0.15) is 5.76 Å². The van der Waals surface area contributed by atoms with Crippen molar-refractivity contribution in [2.75, 3.05) is 13.2 Å². The summed E-state index contributed by atoms with van der Waals surface area (Å²) in [7, 11) is 0. The highest BCUT2D eigenvalue weighted by atomic mass is 79.9. The van der Waals surface area contributed by atoms with E-state index in [1.165, 1.54) is 10.8 Å². The van der Waals surface area contributed by atoms with Crippen molar-refractivity contribution in [3.8, 4) is 11.3 Å². The molecule has 0 aromatic carbocycles. The molecule has 1 saturated heterocycles. The predicted molar refractivity (Wildman–Crippen MR) is 73.7 cm³/mol. The number of nitrogens with one attached hydrogen (secondary N) is 1. The lowest BCUT2D eigenvalue weighted by Crippen LogP contribution is -2.34. The molecule has 2 N–H and O–H groups in total. The Morgan fingerprint density at radius 1 is 1.43 bits per heavy atom. The van der Waals surface area contributed by atoms with Gasteiger partial charge in [0, 0.05) is 6.20 Å². The molecule has 0 spiro atoms. The Bertz CT molecular complexity index is 764. The molecular formula is C12H11BrN2O6. The Morgan fingerprint density at radius 2 is 2.24 bits per heavy atom. The van der Waals surface area contributed by atoms with Crippen LogP contribution in [0.1, 0.15) is 6.23 Å². The fourth-order valence-corrected chi connectivity index (χ4v) is 2.33. The quantitative estimate of drug-likeness (QED) is 0.823. The van der Waals surface area contributed by atoms with Crippen LogP contribution in [-0.2, 0) is 9.47 Å². The van der Waals surface area contributed by atoms with E-state index < -0.39 is 23.8 Å². The number of aromatic nitrogens is 2. The van der Waals surface area contributed by atoms with E-state index in [9.17, 15) is 9.59 Å². The van der Waals surface area contributed by atoms with Crippen LogP contribution in [0, 0.1) is 0 Å². The number of rotatable bonds is 3. The van der Waals surface area contributed by atoms with Gasteiger partial charge >= 0.3 is 5.69 Å². The molecule has 1 fully saturated rings. The summed E-state index contributed by atoms with van der Waals surface area (Å²) >= 11 is 3.15. The third-order valence-corrected chi connectivity index (χ3v) is 3.43. The number of hydrogen-bond acceptors (Lipinski definition) is 6. The molecule has 0 bridgehead atoms. The minimum absolute atomic E-state index is 0.0957. The van der Waals surface area contributed by atoms with Crippen LogP contribution in [-0.4, -0.2) is 34.2 Å². The molecule has 0 aliphatic carbocycles. The first-order chi connectivity index (χ1) is 10.1. The highest BCUT2D eigenvalue weighted by Crippen LogP contribution is 2.24. The Hall–Kier alpha value is -1.68. The number of hydrogen-bond donors (Lipinski definition) is 2. The fraction of sp³-hybridized carbons (Fsp3) is 0.333. The van der Waals surface area contributed by atoms with Gasteiger partial charge in [0.15, 0.2) is 17.2 Å². The zero-order chi connectivity index (χ0) is 15.0. The van der Waals surface area contributed by atoms with Gasteiger partial charge in [-0.25, -0.2) is 4.79 Å². The second-order valence-electron chi connectivity index (χ2n) is 4.35. The summed E-state index contributed by atoms with van der Waals surface area (Å²) in [6, 6.07) is 3.24. The van der Waals surface area contributed by atoms with Crippen LogP contribution in [0.3, 0.4) is 0 Å². The maximum Gasteiger partial charge on any atom is 0.330 e. The predicted octanol–water partition coefficient (Wildman–Crippen LogP) is 0.423. The Labute approximate surface area is 126 Å². The number of nitrogens with zero attached hydrogens (tertiary/aromatic N) is 1. The van der Waals surface area contributed by atoms with Crippen molar-refractivity contribution in [1.82, 2.24) is 9.55 Å². The summed E-state index contributed by atoms with van der Waals surface area (Å²) < 4.78 is 17.5. The summed E-state index contributed by atoms with van der Waals surface area (Å²) in [5.74, 6) is 0.314. The highest BCUT2D eigenvalue weighted by Gasteiger charge is 2.28. The molecule has 2 aromatic heterocycles. The van der Waals surface area contributed by atoms with E-state index >= 15 is 0 Å². The maximum absolute atomic E-state index is 11.9. The summed E-state index contributed by atoms with van der Waals surface area (Å²) in [5.41, 5.74) is -0.992. The van der Waals surface area contributed by atoms with Gasteiger partial charge in [0.05, 0.1) is 18.8 Å². The van der Waals surface area contributed by atoms with Crippen LogP contribution in [0.4, 0.5) is 0 Å². The first-order valence-electron chi connectivity index (χ1n) is 6.07. The Morgan fingerprint density at radius 3 is 2.86 bits per heavy atom. The third kappa shape index (κ3) is 2.72. The zero-order valence-corrected chi connectivity index (χ0v) is 12.2. The van der Waals surface area contributed by atoms with Gasteiger partial charge in [-0.1, -0.05) is 0 Å². The largest absolute Gasteiger partial charge is 0.449 e. The lowest BCUT2D eigenvalue weighted by Gasteiger charge is -2.12. The normalized spacial score (nSPS) is 21.8. The van der Waals surface area contributed by atoms with Crippen LogP contribution in [0.2, 0.25) is 0 Å². The van der Waals surface area contributed by atoms with Crippen molar-refractivity contribution in [1.29, 1.82) is 0 Å². The second-order valence-corrected chi connectivity index (χ2v) is 5.13. The number of aliphatic hydroxyl groups is 1. The molecule has 21 heavy (non-hydrogen) atoms. The van der Waals surface area contributed by atoms with Crippen LogP contribution >= 0.6 is 15.9 Å². The van der Waals surface area contributed by atoms with E-state index in [2.05, 4.69) is 20.9 Å². The molecule has 2 atom stereocenters. The van der Waals surface area contributed by atoms with E-state index in [1.54, 1.807) is 12.1 Å². The molecule has 2 aromatic rings. The van der Waals surface area contributed by atoms with E-state index in [-0.39, 0.29) is 18.8 Å². The molecule has 0 unspecified atom stereocenters. The van der Waals surface area contributed by atoms with Crippen LogP contribution < -0.4 is 11.2 Å². The van der Waals surface area contributed by atoms with Crippen LogP contribution in [0.15, 0.2) is 37.0 Å². The lowest BCUT2D eigenvalue weighted by atomic mass is 10.2. The number of aliphatic hydroxyl groups excluding tert-OH is 1. The summed E-state index contributed by atoms with van der Waals surface area (Å²) in [6.07, 6.45) is -0.154. The third-order valence-electron chi connectivity index (χ3n) is 3.00. The van der Waals surface area contributed by atoms with E-state index in [0.29, 0.717) is 10.4 Å². The summed E-state index contributed by atoms with van der Waals surface area (Å²) in [5, 5.41) is 8.96. The molecule has 0 radical (unpaired) electrons. The standard InChI is InChI=1S/C12H11BrN2O6/c13-8-2-1-7(20-8)6-3-15(12(18)14-11(6)17)9-5-19-10(4-16)21-9/h1-3,9-10,16H,4-5H2,(H,14,17,18)/t9-,10-/m0/s1. The van der Waals surface area contributed by atoms with Gasteiger partial charge in [-0.3, -0.25) is 14.3 Å². The van der Waals surface area contributed by atoms with Crippen molar-refractivity contribution in [2.45, 2.75) is 12.5 Å². The SMILES string of the molecule is O=c1[nH]c(=O)n([C@@H]2CO[C@H](CO)O2)cc1-c1ccc(Br)o1. The van der Waals surface area contributed by atoms with Crippen molar-refractivity contribution < 1.29 is 19.0 Å². The van der Waals surface area contributed by atoms with Crippen LogP contribution in [0.5, 0.6) is 0 Å². The van der Waals surface area contributed by atoms with Crippen LogP contribution in [0.25, 0.3) is 11.3 Å². The molecule has 8 nitrogen and oxygen atoms in total. The Balaban J connectivity index is 2.02. The average Bonchev–Trinajstić information content (AvgIpc) is 3.08. The van der Waals surface area contributed by atoms with Crippen molar-refractivity contribution in [2.24, 2.45) is 0 Å². The van der Waals surface area contributed by atoms with E-state index in [4.69, 9.17) is 19.0 Å². The highest BCUT2D eigenvalue weighted by molar-refractivity contribution is 9.10. The minimum atomic E-state index is -0.782. The lowest BCUT2D eigenvalue weighted by molar-refractivity contribution is -0.0992. The topological polar surface area (TPSA) is 107 Å². The van der Waals surface area contributed by atoms with Gasteiger partial charge < -0.3 is 19.0 Å². The molecule has 9 heteroatoms. The molecule has 3 heterocycles. The maximum atomic E-state index is 11.9. The van der Waals surface area contributed by atoms with Gasteiger partial charge in [-0.15, -0.1) is 0 Å². The number of halogens is 1. The summed E-state index contributed by atoms with van der Waals surface area (Å²) in [4.78, 5) is 26.0. The molecule has 1 aliphatic heterocycles. The number of H-pyrrole nitrogens is 1. The monoisotopic (exact) mass is 358 g/mol. The molecular weight excluding hydrogens is 348 g/mol. The smallest absolute Gasteiger partial charge is 0.330 e. The van der Waals surface area contributed by atoms with E-state index in [1.807, 2.05) is 0 Å². The van der Waals surface area contributed by atoms with Crippen molar-refractivity contribution >= 4 is 15.9 Å². The van der Waals surface area contributed by atoms with E-state index in [0.717, 1.165) is 0 Å². The number of ether oxygens (including phenoxy) is 2. The molecule has 112 valence electrons. The fourth-order valence-electron chi connectivity index (χ4n) is 2.02. The molecule has 0 saturated carbocycles. The van der Waals surface area contributed by atoms with Crippen molar-refractivity contribution in [3.63, 3.8) is 0 Å². The minimum Gasteiger partial charge on any atom is -0.449 e. The first kappa shape index (κ1) is 14.3. The number of furan rings is 1. The van der Waals surface area contributed by atoms with Gasteiger partial charge in [0.2, 0.25) is 0 Å².